The Morgan fingerprint density at radius 3 is 3.36 bits per heavy atom. The van der Waals surface area contributed by atoms with E-state index in [1.165, 1.54) is 0 Å². The second-order valence-electron chi connectivity index (χ2n) is 2.29. The number of amidine groups is 1. The lowest BCUT2D eigenvalue weighted by atomic mass is 10.1. The zero-order valence-electron chi connectivity index (χ0n) is 5.52. The second kappa shape index (κ2) is 2.28. The summed E-state index contributed by atoms with van der Waals surface area (Å²) in [5.74, 6) is 0.300. The minimum Gasteiger partial charge on any atom is -0.386 e. The number of hydrogen-bond donors (Lipinski definition) is 3. The molecule has 0 fully saturated rings. The maximum Gasteiger partial charge on any atom is 0.219 e. The van der Waals surface area contributed by atoms with E-state index in [1.54, 1.807) is 6.21 Å². The summed E-state index contributed by atoms with van der Waals surface area (Å²) in [6, 6.07) is 0. The number of nitrogens with one attached hydrogen (secondary N) is 2. The number of fused-ring (bicyclic) bond motifs is 1. The Morgan fingerprint density at radius 2 is 2.55 bits per heavy atom. The molecule has 0 aliphatic carbocycles. The van der Waals surface area contributed by atoms with Gasteiger partial charge in [0, 0.05) is 6.21 Å². The summed E-state index contributed by atoms with van der Waals surface area (Å²) in [4.78, 5) is 0. The lowest BCUT2D eigenvalue weighted by Crippen LogP contribution is -2.50. The molecule has 2 aliphatic rings. The van der Waals surface area contributed by atoms with Crippen LogP contribution < -0.4 is 15.9 Å². The lowest BCUT2D eigenvalue weighted by Gasteiger charge is -2.21. The summed E-state index contributed by atoms with van der Waals surface area (Å²) >= 11 is -1.41. The number of hydrazone groups is 1. The maximum absolute atomic E-state index is 10.9. The van der Waals surface area contributed by atoms with Crippen LogP contribution in [0.2, 0.25) is 0 Å². The molecule has 3 unspecified atom stereocenters. The van der Waals surface area contributed by atoms with E-state index in [1.807, 2.05) is 0 Å². The molecule has 6 nitrogen and oxygen atoms in total. The number of nitrogens with two attached hydrogens (primary N) is 1. The summed E-state index contributed by atoms with van der Waals surface area (Å²) < 4.78 is 17.2. The van der Waals surface area contributed by atoms with Crippen molar-refractivity contribution < 1.29 is 4.21 Å². The summed E-state index contributed by atoms with van der Waals surface area (Å²) in [6.07, 6.45) is 1.49. The molecule has 0 spiro atoms. The highest BCUT2D eigenvalue weighted by Gasteiger charge is 2.32. The molecule has 2 aliphatic heterocycles. The second-order valence-corrected chi connectivity index (χ2v) is 3.21. The van der Waals surface area contributed by atoms with E-state index in [0.29, 0.717) is 5.84 Å². The van der Waals surface area contributed by atoms with E-state index in [0.717, 1.165) is 0 Å². The van der Waals surface area contributed by atoms with Crippen LogP contribution in [0.15, 0.2) is 9.50 Å². The van der Waals surface area contributed by atoms with Crippen molar-refractivity contribution >= 4 is 23.2 Å². The maximum atomic E-state index is 10.9. The molecule has 7 heteroatoms. The van der Waals surface area contributed by atoms with E-state index in [2.05, 4.69) is 19.6 Å². The molecule has 2 rings (SSSR count). The SMILES string of the molecule is NC1=NS(=O)NC2NN=CC12. The van der Waals surface area contributed by atoms with Crippen molar-refractivity contribution in [2.24, 2.45) is 21.2 Å². The largest absolute Gasteiger partial charge is 0.386 e. The van der Waals surface area contributed by atoms with Gasteiger partial charge in [0.15, 0.2) is 0 Å². The van der Waals surface area contributed by atoms with Crippen LogP contribution in [-0.2, 0) is 11.2 Å². The molecule has 0 aromatic heterocycles. The summed E-state index contributed by atoms with van der Waals surface area (Å²) in [5.41, 5.74) is 8.22. The van der Waals surface area contributed by atoms with Crippen LogP contribution in [0.5, 0.6) is 0 Å². The predicted octanol–water partition coefficient (Wildman–Crippen LogP) is -1.94. The highest BCUT2D eigenvalue weighted by atomic mass is 32.2. The molecule has 0 aromatic carbocycles. The van der Waals surface area contributed by atoms with Gasteiger partial charge in [-0.15, -0.1) is 0 Å². The third-order valence-electron chi connectivity index (χ3n) is 1.57. The van der Waals surface area contributed by atoms with Crippen LogP contribution in [-0.4, -0.2) is 22.4 Å². The van der Waals surface area contributed by atoms with Crippen LogP contribution in [0, 0.1) is 5.92 Å². The van der Waals surface area contributed by atoms with Crippen molar-refractivity contribution in [2.45, 2.75) is 6.17 Å². The fourth-order valence-corrected chi connectivity index (χ4v) is 1.79. The average Bonchev–Trinajstić information content (AvgIpc) is 2.34. The molecule has 0 radical (unpaired) electrons. The molecular weight excluding hydrogens is 166 g/mol. The van der Waals surface area contributed by atoms with Gasteiger partial charge in [0.2, 0.25) is 11.2 Å². The minimum absolute atomic E-state index is 0.0623. The zero-order valence-corrected chi connectivity index (χ0v) is 6.34. The van der Waals surface area contributed by atoms with Gasteiger partial charge < -0.3 is 5.73 Å². The van der Waals surface area contributed by atoms with Gasteiger partial charge in [-0.1, -0.05) is 0 Å². The topological polar surface area (TPSA) is 91.9 Å². The average molecular weight is 173 g/mol. The number of nitrogens with zero attached hydrogens (tertiary/aromatic N) is 2. The molecular formula is C4H7N5OS. The third kappa shape index (κ3) is 1.02. The molecule has 0 amide bonds. The molecule has 11 heavy (non-hydrogen) atoms. The molecule has 0 bridgehead atoms. The first-order valence-electron chi connectivity index (χ1n) is 3.08. The van der Waals surface area contributed by atoms with Crippen molar-refractivity contribution in [1.29, 1.82) is 0 Å². The van der Waals surface area contributed by atoms with Gasteiger partial charge in [0.1, 0.15) is 12.0 Å². The van der Waals surface area contributed by atoms with E-state index in [4.69, 9.17) is 5.73 Å². The van der Waals surface area contributed by atoms with Crippen molar-refractivity contribution in [2.75, 3.05) is 0 Å². The monoisotopic (exact) mass is 173 g/mol. The van der Waals surface area contributed by atoms with Crippen molar-refractivity contribution in [3.8, 4) is 0 Å². The van der Waals surface area contributed by atoms with E-state index >= 15 is 0 Å². The lowest BCUT2D eigenvalue weighted by molar-refractivity contribution is 0.511. The van der Waals surface area contributed by atoms with Crippen molar-refractivity contribution in [3.05, 3.63) is 0 Å². The minimum atomic E-state index is -1.41. The molecule has 0 aromatic rings. The van der Waals surface area contributed by atoms with Gasteiger partial charge in [0.25, 0.3) is 0 Å². The van der Waals surface area contributed by atoms with E-state index in [-0.39, 0.29) is 12.1 Å². The molecule has 0 saturated heterocycles. The first kappa shape index (κ1) is 6.74. The smallest absolute Gasteiger partial charge is 0.219 e. The van der Waals surface area contributed by atoms with Crippen LogP contribution >= 0.6 is 0 Å². The Bertz CT molecular complexity index is 261. The molecule has 4 N–H and O–H groups in total. The number of hydrogen-bond acceptors (Lipinski definition) is 4. The quantitative estimate of drug-likeness (QED) is 0.398. The van der Waals surface area contributed by atoms with Gasteiger partial charge >= 0.3 is 0 Å². The van der Waals surface area contributed by atoms with Crippen molar-refractivity contribution in [1.82, 2.24) is 10.1 Å². The predicted molar refractivity (Wildman–Crippen MR) is 41.8 cm³/mol. The Morgan fingerprint density at radius 1 is 1.73 bits per heavy atom. The molecule has 0 saturated carbocycles. The van der Waals surface area contributed by atoms with Gasteiger partial charge in [-0.25, -0.2) is 4.21 Å². The van der Waals surface area contributed by atoms with Gasteiger partial charge in [0.05, 0.1) is 5.92 Å². The van der Waals surface area contributed by atoms with Crippen LogP contribution in [0.25, 0.3) is 0 Å². The summed E-state index contributed by atoms with van der Waals surface area (Å²) in [5, 5.41) is 3.78. The first-order valence-corrected chi connectivity index (χ1v) is 4.19. The van der Waals surface area contributed by atoms with Gasteiger partial charge in [-0.2, -0.15) is 14.2 Å². The summed E-state index contributed by atoms with van der Waals surface area (Å²) in [7, 11) is 0. The normalized spacial score (nSPS) is 41.1. The highest BCUT2D eigenvalue weighted by Crippen LogP contribution is 2.10. The Labute approximate surface area is 65.7 Å². The van der Waals surface area contributed by atoms with Crippen LogP contribution in [0.4, 0.5) is 0 Å². The fourth-order valence-electron chi connectivity index (χ4n) is 1.01. The van der Waals surface area contributed by atoms with E-state index in [9.17, 15) is 4.21 Å². The number of rotatable bonds is 0. The standard InChI is InChI=1S/C4H7N5OS/c5-3-2-1-6-7-4(2)9-11(10)8-3/h1-2,4,7,9H,(H2,5,8). The Hall–Kier alpha value is -0.950. The van der Waals surface area contributed by atoms with E-state index < -0.39 is 11.2 Å². The van der Waals surface area contributed by atoms with Crippen molar-refractivity contribution in [3.63, 3.8) is 0 Å². The Balaban J connectivity index is 2.30. The Kier molecular flexibility index (Phi) is 1.40. The van der Waals surface area contributed by atoms with Gasteiger partial charge in [-0.05, 0) is 0 Å². The van der Waals surface area contributed by atoms with Gasteiger partial charge in [-0.3, -0.25) is 5.43 Å². The zero-order chi connectivity index (χ0) is 7.84. The van der Waals surface area contributed by atoms with Crippen LogP contribution in [0.3, 0.4) is 0 Å². The first-order chi connectivity index (χ1) is 5.27. The highest BCUT2D eigenvalue weighted by molar-refractivity contribution is 7.81. The fraction of sp³-hybridized carbons (Fsp3) is 0.500. The summed E-state index contributed by atoms with van der Waals surface area (Å²) in [6.45, 7) is 0. The molecule has 60 valence electrons. The third-order valence-corrected chi connectivity index (χ3v) is 2.40. The van der Waals surface area contributed by atoms with Crippen LogP contribution in [0.1, 0.15) is 0 Å². The molecule has 3 atom stereocenters. The molecule has 2 heterocycles.